The molecular weight excluding hydrogens is 162 g/mol. The number of ketones is 1. The van der Waals surface area contributed by atoms with E-state index in [-0.39, 0.29) is 0 Å². The largest absolute Gasteiger partial charge is 0.309 e. The van der Waals surface area contributed by atoms with Crippen molar-refractivity contribution in [3.63, 3.8) is 0 Å². The van der Waals surface area contributed by atoms with Crippen LogP contribution < -0.4 is 5.32 Å². The molecule has 3 rings (SSSR count). The van der Waals surface area contributed by atoms with E-state index in [2.05, 4.69) is 23.5 Å². The van der Waals surface area contributed by atoms with Crippen LogP contribution in [0.2, 0.25) is 0 Å². The molecular formula is C11H15NO. The first-order chi connectivity index (χ1) is 6.31. The predicted molar refractivity (Wildman–Crippen MR) is 52.4 cm³/mol. The maximum absolute atomic E-state index is 11.6. The van der Waals surface area contributed by atoms with E-state index in [9.17, 15) is 4.79 Å². The van der Waals surface area contributed by atoms with Crippen molar-refractivity contribution in [3.05, 3.63) is 23.8 Å². The van der Waals surface area contributed by atoms with Gasteiger partial charge in [0.15, 0.2) is 5.78 Å². The highest BCUT2D eigenvalue weighted by Crippen LogP contribution is 2.24. The molecule has 2 nitrogen and oxygen atoms in total. The van der Waals surface area contributed by atoms with Gasteiger partial charge >= 0.3 is 0 Å². The molecule has 0 spiro atoms. The van der Waals surface area contributed by atoms with Crippen molar-refractivity contribution in [2.24, 2.45) is 5.92 Å². The van der Waals surface area contributed by atoms with Gasteiger partial charge in [-0.2, -0.15) is 0 Å². The van der Waals surface area contributed by atoms with Gasteiger partial charge in [-0.15, -0.1) is 0 Å². The third-order valence-electron chi connectivity index (χ3n) is 2.81. The lowest BCUT2D eigenvalue weighted by atomic mass is 9.93. The molecule has 1 N–H and O–H groups in total. The number of hydrogen-bond donors (Lipinski definition) is 1. The number of fused-ring (bicyclic) bond motifs is 2. The SMILES string of the molecule is CCC(=O)C1=CCC2C=CC1CN2. The number of rotatable bonds is 2. The summed E-state index contributed by atoms with van der Waals surface area (Å²) in [6, 6.07) is 0.457. The summed E-state index contributed by atoms with van der Waals surface area (Å²) in [6.45, 7) is 2.86. The van der Waals surface area contributed by atoms with Crippen molar-refractivity contribution in [1.82, 2.24) is 5.32 Å². The van der Waals surface area contributed by atoms with Crippen LogP contribution >= 0.6 is 0 Å². The summed E-state index contributed by atoms with van der Waals surface area (Å²) in [4.78, 5) is 11.6. The fourth-order valence-electron chi connectivity index (χ4n) is 1.99. The first-order valence-corrected chi connectivity index (χ1v) is 4.96. The second kappa shape index (κ2) is 3.46. The van der Waals surface area contributed by atoms with Crippen molar-refractivity contribution < 1.29 is 4.79 Å². The highest BCUT2D eigenvalue weighted by Gasteiger charge is 2.24. The van der Waals surface area contributed by atoms with Gasteiger partial charge < -0.3 is 5.32 Å². The Balaban J connectivity index is 2.24. The van der Waals surface area contributed by atoms with Gasteiger partial charge in [0.05, 0.1) is 0 Å². The zero-order valence-corrected chi connectivity index (χ0v) is 7.92. The van der Waals surface area contributed by atoms with Crippen LogP contribution in [0.3, 0.4) is 0 Å². The summed E-state index contributed by atoms with van der Waals surface area (Å²) in [5.74, 6) is 0.630. The quantitative estimate of drug-likeness (QED) is 0.647. The smallest absolute Gasteiger partial charge is 0.158 e. The Morgan fingerprint density at radius 1 is 1.62 bits per heavy atom. The number of carbonyl (C=O) groups is 1. The number of hydrogen-bond acceptors (Lipinski definition) is 2. The molecule has 0 radical (unpaired) electrons. The van der Waals surface area contributed by atoms with Crippen LogP contribution in [0.25, 0.3) is 0 Å². The lowest BCUT2D eigenvalue weighted by molar-refractivity contribution is -0.115. The molecule has 0 saturated carbocycles. The summed E-state index contributed by atoms with van der Waals surface area (Å²) >= 11 is 0. The predicted octanol–water partition coefficient (Wildman–Crippen LogP) is 1.44. The van der Waals surface area contributed by atoms with E-state index in [1.165, 1.54) is 0 Å². The summed E-state index contributed by atoms with van der Waals surface area (Å²) < 4.78 is 0. The standard InChI is InChI=1S/C11H15NO/c1-2-11(13)10-6-5-9-4-3-8(10)7-12-9/h3-4,6,8-9,12H,2,5,7H2,1H3. The fraction of sp³-hybridized carbons (Fsp3) is 0.545. The molecule has 0 aromatic heterocycles. The topological polar surface area (TPSA) is 29.1 Å². The average Bonchev–Trinajstić information content (AvgIpc) is 2.49. The molecule has 2 aliphatic heterocycles. The zero-order valence-electron chi connectivity index (χ0n) is 7.92. The number of carbonyl (C=O) groups excluding carboxylic acids is 1. The van der Waals surface area contributed by atoms with Crippen LogP contribution in [-0.2, 0) is 4.79 Å². The summed E-state index contributed by atoms with van der Waals surface area (Å²) in [7, 11) is 0. The van der Waals surface area contributed by atoms with E-state index in [0.717, 1.165) is 18.5 Å². The maximum atomic E-state index is 11.6. The van der Waals surface area contributed by atoms with Crippen LogP contribution in [0.4, 0.5) is 0 Å². The van der Waals surface area contributed by atoms with Crippen LogP contribution in [-0.4, -0.2) is 18.4 Å². The van der Waals surface area contributed by atoms with Crippen LogP contribution in [0, 0.1) is 5.92 Å². The minimum Gasteiger partial charge on any atom is -0.309 e. The Morgan fingerprint density at radius 3 is 3.08 bits per heavy atom. The molecule has 0 aromatic rings. The molecule has 2 heteroatoms. The molecule has 2 bridgehead atoms. The van der Waals surface area contributed by atoms with Crippen molar-refractivity contribution in [2.45, 2.75) is 25.8 Å². The van der Waals surface area contributed by atoms with Gasteiger partial charge in [0.2, 0.25) is 0 Å². The average molecular weight is 177 g/mol. The molecule has 13 heavy (non-hydrogen) atoms. The van der Waals surface area contributed by atoms with E-state index in [0.29, 0.717) is 24.2 Å². The van der Waals surface area contributed by atoms with Crippen molar-refractivity contribution in [2.75, 3.05) is 6.54 Å². The maximum Gasteiger partial charge on any atom is 0.158 e. The van der Waals surface area contributed by atoms with E-state index >= 15 is 0 Å². The highest BCUT2D eigenvalue weighted by molar-refractivity contribution is 5.96. The van der Waals surface area contributed by atoms with Crippen molar-refractivity contribution >= 4 is 5.78 Å². The second-order valence-electron chi connectivity index (χ2n) is 3.68. The molecule has 1 aliphatic carbocycles. The lowest BCUT2D eigenvalue weighted by Crippen LogP contribution is -2.33. The molecule has 0 aromatic carbocycles. The van der Waals surface area contributed by atoms with Crippen LogP contribution in [0.15, 0.2) is 23.8 Å². The first-order valence-electron chi connectivity index (χ1n) is 4.96. The van der Waals surface area contributed by atoms with Crippen LogP contribution in [0.5, 0.6) is 0 Å². The molecule has 70 valence electrons. The minimum absolute atomic E-state index is 0.305. The molecule has 0 saturated heterocycles. The summed E-state index contributed by atoms with van der Waals surface area (Å²) in [6.07, 6.45) is 8.06. The molecule has 3 aliphatic rings. The van der Waals surface area contributed by atoms with Gasteiger partial charge in [-0.3, -0.25) is 4.79 Å². The van der Waals surface area contributed by atoms with Crippen molar-refractivity contribution in [3.8, 4) is 0 Å². The molecule has 2 atom stereocenters. The van der Waals surface area contributed by atoms with Gasteiger partial charge in [0.25, 0.3) is 0 Å². The molecule has 2 unspecified atom stereocenters. The lowest BCUT2D eigenvalue weighted by Gasteiger charge is -2.20. The van der Waals surface area contributed by atoms with E-state index in [1.54, 1.807) is 0 Å². The normalized spacial score (nSPS) is 31.3. The summed E-state index contributed by atoms with van der Waals surface area (Å²) in [5.41, 5.74) is 1.02. The Labute approximate surface area is 78.7 Å². The van der Waals surface area contributed by atoms with Crippen LogP contribution in [0.1, 0.15) is 19.8 Å². The minimum atomic E-state index is 0.305. The molecule has 0 amide bonds. The van der Waals surface area contributed by atoms with E-state index < -0.39 is 0 Å². The highest BCUT2D eigenvalue weighted by atomic mass is 16.1. The van der Waals surface area contributed by atoms with Crippen molar-refractivity contribution in [1.29, 1.82) is 0 Å². The number of Topliss-reactive ketones (excluding diaryl/α,β-unsaturated/α-hetero) is 1. The Hall–Kier alpha value is -0.890. The van der Waals surface area contributed by atoms with E-state index in [1.807, 2.05) is 6.92 Å². The fourth-order valence-corrected chi connectivity index (χ4v) is 1.99. The monoisotopic (exact) mass is 177 g/mol. The van der Waals surface area contributed by atoms with E-state index in [4.69, 9.17) is 0 Å². The van der Waals surface area contributed by atoms with Gasteiger partial charge in [0.1, 0.15) is 0 Å². The number of nitrogens with one attached hydrogen (secondary N) is 1. The zero-order chi connectivity index (χ0) is 9.26. The Bertz CT molecular complexity index is 278. The third kappa shape index (κ3) is 1.59. The summed E-state index contributed by atoms with van der Waals surface area (Å²) in [5, 5.41) is 3.40. The van der Waals surface area contributed by atoms with Gasteiger partial charge in [-0.1, -0.05) is 25.2 Å². The van der Waals surface area contributed by atoms with Gasteiger partial charge in [-0.05, 0) is 12.0 Å². The Morgan fingerprint density at radius 2 is 2.46 bits per heavy atom. The second-order valence-corrected chi connectivity index (χ2v) is 3.68. The van der Waals surface area contributed by atoms with Gasteiger partial charge in [-0.25, -0.2) is 0 Å². The molecule has 0 fully saturated rings. The first kappa shape index (κ1) is 8.70. The third-order valence-corrected chi connectivity index (χ3v) is 2.81. The Kier molecular flexibility index (Phi) is 2.32. The molecule has 2 heterocycles. The van der Waals surface area contributed by atoms with Gasteiger partial charge in [0, 0.05) is 24.9 Å².